The van der Waals surface area contributed by atoms with Gasteiger partial charge < -0.3 is 9.64 Å². The smallest absolute Gasteiger partial charge is 0.418 e. The fourth-order valence-electron chi connectivity index (χ4n) is 1.51. The molecule has 1 fully saturated rings. The minimum absolute atomic E-state index is 0.156. The highest BCUT2D eigenvalue weighted by Gasteiger charge is 2.35. The van der Waals surface area contributed by atoms with Crippen LogP contribution in [0.4, 0.5) is 19.0 Å². The van der Waals surface area contributed by atoms with E-state index in [4.69, 9.17) is 4.74 Å². The molecule has 1 aromatic heterocycles. The monoisotopic (exact) mass is 274 g/mol. The highest BCUT2D eigenvalue weighted by atomic mass is 19.4. The molecular weight excluding hydrogens is 261 g/mol. The van der Waals surface area contributed by atoms with Gasteiger partial charge in [-0.05, 0) is 18.9 Å². The normalized spacial score (nSPS) is 15.2. The number of halogens is 3. The van der Waals surface area contributed by atoms with Crippen LogP contribution in [0, 0.1) is 5.92 Å². The third-order valence-corrected chi connectivity index (χ3v) is 2.71. The average Bonchev–Trinajstić information content (AvgIpc) is 3.10. The maximum absolute atomic E-state index is 12.6. The fraction of sp³-hybridized carbons (Fsp3) is 0.500. The number of hydrogen-bond donors (Lipinski definition) is 0. The van der Waals surface area contributed by atoms with Gasteiger partial charge in [-0.3, -0.25) is 4.79 Å². The number of alkyl halides is 3. The molecule has 1 aliphatic carbocycles. The summed E-state index contributed by atoms with van der Waals surface area (Å²) < 4.78 is 42.9. The van der Waals surface area contributed by atoms with Crippen molar-refractivity contribution >= 4 is 11.8 Å². The molecule has 0 saturated heterocycles. The molecule has 0 N–H and O–H groups in total. The molecule has 104 valence electrons. The van der Waals surface area contributed by atoms with Crippen molar-refractivity contribution < 1.29 is 22.7 Å². The lowest BCUT2D eigenvalue weighted by atomic mass is 10.2. The number of rotatable bonds is 3. The molecule has 1 aliphatic rings. The number of hydrogen-bond acceptors (Lipinski definition) is 4. The Hall–Kier alpha value is -1.79. The quantitative estimate of drug-likeness (QED) is 0.794. The molecule has 0 unspecified atom stereocenters. The SMILES string of the molecule is CN(C)c1ncc(C(F)(F)F)cc1OC(=O)C1CC1. The second-order valence-electron chi connectivity index (χ2n) is 4.63. The first-order valence-electron chi connectivity index (χ1n) is 5.75. The van der Waals surface area contributed by atoms with E-state index < -0.39 is 17.7 Å². The molecule has 1 aromatic rings. The van der Waals surface area contributed by atoms with Crippen molar-refractivity contribution in [1.29, 1.82) is 0 Å². The van der Waals surface area contributed by atoms with E-state index in [1.165, 1.54) is 4.90 Å². The van der Waals surface area contributed by atoms with Crippen LogP contribution in [0.5, 0.6) is 5.75 Å². The van der Waals surface area contributed by atoms with Gasteiger partial charge in [0.05, 0.1) is 11.5 Å². The Kier molecular flexibility index (Phi) is 3.38. The molecular formula is C12H13F3N2O2. The van der Waals surface area contributed by atoms with E-state index >= 15 is 0 Å². The maximum Gasteiger partial charge on any atom is 0.418 e. The summed E-state index contributed by atoms with van der Waals surface area (Å²) in [6.45, 7) is 0. The largest absolute Gasteiger partial charge is 0.422 e. The van der Waals surface area contributed by atoms with Crippen LogP contribution < -0.4 is 9.64 Å². The Morgan fingerprint density at radius 3 is 2.53 bits per heavy atom. The van der Waals surface area contributed by atoms with Gasteiger partial charge in [0.1, 0.15) is 0 Å². The summed E-state index contributed by atoms with van der Waals surface area (Å²) in [5.41, 5.74) is -0.934. The van der Waals surface area contributed by atoms with Gasteiger partial charge in [0.2, 0.25) is 0 Å². The summed E-state index contributed by atoms with van der Waals surface area (Å²) in [7, 11) is 3.23. The molecule has 0 amide bonds. The van der Waals surface area contributed by atoms with Crippen molar-refractivity contribution in [2.24, 2.45) is 5.92 Å². The zero-order valence-corrected chi connectivity index (χ0v) is 10.5. The van der Waals surface area contributed by atoms with Crippen LogP contribution >= 0.6 is 0 Å². The molecule has 0 bridgehead atoms. The van der Waals surface area contributed by atoms with Crippen LogP contribution in [0.3, 0.4) is 0 Å². The minimum atomic E-state index is -4.52. The van der Waals surface area contributed by atoms with Crippen LogP contribution in [0.15, 0.2) is 12.3 Å². The van der Waals surface area contributed by atoms with Gasteiger partial charge in [-0.1, -0.05) is 0 Å². The van der Waals surface area contributed by atoms with E-state index in [0.29, 0.717) is 0 Å². The Balaban J connectivity index is 2.32. The van der Waals surface area contributed by atoms with E-state index in [1.807, 2.05) is 0 Å². The molecule has 0 radical (unpaired) electrons. The number of carbonyl (C=O) groups is 1. The number of anilines is 1. The second kappa shape index (κ2) is 4.71. The third kappa shape index (κ3) is 3.15. The predicted octanol–water partition coefficient (Wildman–Crippen LogP) is 2.48. The lowest BCUT2D eigenvalue weighted by Crippen LogP contribution is -2.18. The van der Waals surface area contributed by atoms with E-state index in [-0.39, 0.29) is 17.5 Å². The number of carbonyl (C=O) groups excluding carboxylic acids is 1. The number of ether oxygens (including phenoxy) is 1. The van der Waals surface area contributed by atoms with Gasteiger partial charge in [-0.2, -0.15) is 13.2 Å². The maximum atomic E-state index is 12.6. The number of esters is 1. The van der Waals surface area contributed by atoms with Crippen LogP contribution in [-0.4, -0.2) is 25.0 Å². The van der Waals surface area contributed by atoms with Gasteiger partial charge in [0.25, 0.3) is 0 Å². The van der Waals surface area contributed by atoms with Crippen LogP contribution in [0.1, 0.15) is 18.4 Å². The number of pyridine rings is 1. The van der Waals surface area contributed by atoms with Crippen LogP contribution in [0.2, 0.25) is 0 Å². The first kappa shape index (κ1) is 13.6. The molecule has 1 heterocycles. The number of aromatic nitrogens is 1. The summed E-state index contributed by atoms with van der Waals surface area (Å²) in [6.07, 6.45) is -2.34. The molecule has 2 rings (SSSR count). The Morgan fingerprint density at radius 1 is 1.42 bits per heavy atom. The number of nitrogens with zero attached hydrogens (tertiary/aromatic N) is 2. The molecule has 0 aliphatic heterocycles. The minimum Gasteiger partial charge on any atom is -0.422 e. The van der Waals surface area contributed by atoms with Gasteiger partial charge in [-0.25, -0.2) is 4.98 Å². The summed E-state index contributed by atoms with van der Waals surface area (Å²) in [5, 5.41) is 0. The third-order valence-electron chi connectivity index (χ3n) is 2.71. The molecule has 0 spiro atoms. The van der Waals surface area contributed by atoms with Crippen LogP contribution in [0.25, 0.3) is 0 Å². The van der Waals surface area contributed by atoms with Crippen molar-refractivity contribution in [1.82, 2.24) is 4.98 Å². The van der Waals surface area contributed by atoms with E-state index in [2.05, 4.69) is 4.98 Å². The Bertz CT molecular complexity index is 496. The highest BCUT2D eigenvalue weighted by molar-refractivity contribution is 5.78. The van der Waals surface area contributed by atoms with E-state index in [1.54, 1.807) is 14.1 Å². The lowest BCUT2D eigenvalue weighted by Gasteiger charge is -2.17. The molecule has 0 atom stereocenters. The zero-order valence-electron chi connectivity index (χ0n) is 10.5. The fourth-order valence-corrected chi connectivity index (χ4v) is 1.51. The summed E-state index contributed by atoms with van der Waals surface area (Å²) >= 11 is 0. The van der Waals surface area contributed by atoms with Gasteiger partial charge in [-0.15, -0.1) is 0 Å². The van der Waals surface area contributed by atoms with Gasteiger partial charge in [0, 0.05) is 20.3 Å². The van der Waals surface area contributed by atoms with Crippen molar-refractivity contribution in [2.45, 2.75) is 19.0 Å². The van der Waals surface area contributed by atoms with Crippen molar-refractivity contribution in [3.05, 3.63) is 17.8 Å². The summed E-state index contributed by atoms with van der Waals surface area (Å²) in [4.78, 5) is 16.8. The summed E-state index contributed by atoms with van der Waals surface area (Å²) in [5.74, 6) is -0.646. The first-order valence-corrected chi connectivity index (χ1v) is 5.75. The van der Waals surface area contributed by atoms with Crippen LogP contribution in [-0.2, 0) is 11.0 Å². The Morgan fingerprint density at radius 2 is 2.05 bits per heavy atom. The van der Waals surface area contributed by atoms with Crippen molar-refractivity contribution in [2.75, 3.05) is 19.0 Å². The molecule has 1 saturated carbocycles. The lowest BCUT2D eigenvalue weighted by molar-refractivity contribution is -0.139. The van der Waals surface area contributed by atoms with Crippen molar-refractivity contribution in [3.8, 4) is 5.75 Å². The average molecular weight is 274 g/mol. The molecule has 7 heteroatoms. The topological polar surface area (TPSA) is 42.4 Å². The first-order chi connectivity index (χ1) is 8.79. The predicted molar refractivity (Wildman–Crippen MR) is 61.9 cm³/mol. The van der Waals surface area contributed by atoms with E-state index in [9.17, 15) is 18.0 Å². The van der Waals surface area contributed by atoms with E-state index in [0.717, 1.165) is 25.1 Å². The van der Waals surface area contributed by atoms with Gasteiger partial charge in [0.15, 0.2) is 11.6 Å². The summed E-state index contributed by atoms with van der Waals surface area (Å²) in [6, 6.07) is 0.808. The second-order valence-corrected chi connectivity index (χ2v) is 4.63. The van der Waals surface area contributed by atoms with Gasteiger partial charge >= 0.3 is 12.1 Å². The van der Waals surface area contributed by atoms with Crippen molar-refractivity contribution in [3.63, 3.8) is 0 Å². The molecule has 0 aromatic carbocycles. The molecule has 19 heavy (non-hydrogen) atoms. The standard InChI is InChI=1S/C12H13F3N2O2/c1-17(2)10-9(19-11(18)7-3-4-7)5-8(6-16-10)12(13,14)15/h5-7H,3-4H2,1-2H3. The molecule has 4 nitrogen and oxygen atoms in total. The highest BCUT2D eigenvalue weighted by Crippen LogP contribution is 2.36. The zero-order chi connectivity index (χ0) is 14.2. The Labute approximate surface area is 108 Å².